The standard InChI is InChI=1S/C6H11N3O/c1-5-4-6(10-3)8-9(2)7-5/h4,7H,1-3H3. The van der Waals surface area contributed by atoms with Gasteiger partial charge in [0.15, 0.2) is 0 Å². The maximum Gasteiger partial charge on any atom is 0.234 e. The van der Waals surface area contributed by atoms with Crippen molar-refractivity contribution in [3.63, 3.8) is 0 Å². The Morgan fingerprint density at radius 3 is 2.90 bits per heavy atom. The van der Waals surface area contributed by atoms with Crippen LogP contribution in [-0.4, -0.2) is 25.2 Å². The molecule has 1 aliphatic heterocycles. The quantitative estimate of drug-likeness (QED) is 0.527. The van der Waals surface area contributed by atoms with Gasteiger partial charge in [-0.2, -0.15) is 0 Å². The van der Waals surface area contributed by atoms with Crippen LogP contribution in [0.3, 0.4) is 0 Å². The van der Waals surface area contributed by atoms with Gasteiger partial charge in [0, 0.05) is 18.8 Å². The Morgan fingerprint density at radius 1 is 1.70 bits per heavy atom. The summed E-state index contributed by atoms with van der Waals surface area (Å²) in [7, 11) is 3.41. The fourth-order valence-electron chi connectivity index (χ4n) is 0.774. The molecule has 0 aliphatic carbocycles. The molecule has 56 valence electrons. The van der Waals surface area contributed by atoms with Gasteiger partial charge in [0.05, 0.1) is 7.11 Å². The molecular weight excluding hydrogens is 130 g/mol. The summed E-state index contributed by atoms with van der Waals surface area (Å²) in [6.07, 6.45) is 1.83. The van der Waals surface area contributed by atoms with Crippen molar-refractivity contribution in [1.82, 2.24) is 10.5 Å². The van der Waals surface area contributed by atoms with Crippen LogP contribution in [0.1, 0.15) is 6.92 Å². The van der Waals surface area contributed by atoms with Crippen molar-refractivity contribution < 1.29 is 4.74 Å². The second-order valence-corrected chi connectivity index (χ2v) is 2.11. The summed E-state index contributed by atoms with van der Waals surface area (Å²) in [6.45, 7) is 1.95. The summed E-state index contributed by atoms with van der Waals surface area (Å²) in [5.41, 5.74) is 3.99. The van der Waals surface area contributed by atoms with Crippen LogP contribution < -0.4 is 5.43 Å². The van der Waals surface area contributed by atoms with E-state index in [1.165, 1.54) is 0 Å². The van der Waals surface area contributed by atoms with Crippen LogP contribution in [0.15, 0.2) is 16.9 Å². The number of hydrazine groups is 1. The molecule has 4 heteroatoms. The highest BCUT2D eigenvalue weighted by Crippen LogP contribution is 1.98. The topological polar surface area (TPSA) is 36.9 Å². The number of hydrogen-bond acceptors (Lipinski definition) is 4. The molecule has 0 aromatic carbocycles. The van der Waals surface area contributed by atoms with Crippen molar-refractivity contribution in [3.05, 3.63) is 11.8 Å². The summed E-state index contributed by atoms with van der Waals surface area (Å²) in [4.78, 5) is 0. The molecule has 0 atom stereocenters. The van der Waals surface area contributed by atoms with Crippen LogP contribution in [0, 0.1) is 0 Å². The van der Waals surface area contributed by atoms with Crippen molar-refractivity contribution >= 4 is 5.90 Å². The van der Waals surface area contributed by atoms with E-state index >= 15 is 0 Å². The lowest BCUT2D eigenvalue weighted by Crippen LogP contribution is -2.33. The second kappa shape index (κ2) is 2.60. The van der Waals surface area contributed by atoms with Gasteiger partial charge >= 0.3 is 0 Å². The number of rotatable bonds is 0. The minimum atomic E-state index is 0.624. The molecule has 1 N–H and O–H groups in total. The van der Waals surface area contributed by atoms with Crippen LogP contribution in [0.5, 0.6) is 0 Å². The van der Waals surface area contributed by atoms with E-state index in [1.54, 1.807) is 12.2 Å². The molecule has 10 heavy (non-hydrogen) atoms. The summed E-state index contributed by atoms with van der Waals surface area (Å²) in [6, 6.07) is 0. The first-order valence-corrected chi connectivity index (χ1v) is 3.03. The predicted octanol–water partition coefficient (Wildman–Crippen LogP) is 0.300. The van der Waals surface area contributed by atoms with Crippen molar-refractivity contribution in [1.29, 1.82) is 0 Å². The number of hydrogen-bond donors (Lipinski definition) is 1. The molecule has 0 spiro atoms. The summed E-state index contributed by atoms with van der Waals surface area (Å²) >= 11 is 0. The first-order chi connectivity index (χ1) is 4.72. The monoisotopic (exact) mass is 141 g/mol. The summed E-state index contributed by atoms with van der Waals surface area (Å²) in [5.74, 6) is 0.624. The lowest BCUT2D eigenvalue weighted by atomic mass is 10.4. The van der Waals surface area contributed by atoms with E-state index in [-0.39, 0.29) is 0 Å². The number of nitrogens with zero attached hydrogens (tertiary/aromatic N) is 2. The maximum atomic E-state index is 4.92. The van der Waals surface area contributed by atoms with E-state index in [2.05, 4.69) is 10.5 Å². The van der Waals surface area contributed by atoms with Crippen LogP contribution >= 0.6 is 0 Å². The first-order valence-electron chi connectivity index (χ1n) is 3.03. The number of nitrogens with one attached hydrogen (secondary N) is 1. The molecule has 0 saturated carbocycles. The molecule has 0 amide bonds. The van der Waals surface area contributed by atoms with Gasteiger partial charge in [0.2, 0.25) is 5.90 Å². The molecule has 0 unspecified atom stereocenters. The van der Waals surface area contributed by atoms with Crippen LogP contribution in [0.2, 0.25) is 0 Å². The van der Waals surface area contributed by atoms with E-state index < -0.39 is 0 Å². The van der Waals surface area contributed by atoms with Gasteiger partial charge in [-0.3, -0.25) is 5.43 Å². The fourth-order valence-corrected chi connectivity index (χ4v) is 0.774. The minimum Gasteiger partial charge on any atom is -0.480 e. The van der Waals surface area contributed by atoms with Gasteiger partial charge in [-0.15, -0.1) is 5.10 Å². The predicted molar refractivity (Wildman–Crippen MR) is 39.1 cm³/mol. The molecular formula is C6H11N3O. The molecule has 0 radical (unpaired) electrons. The highest BCUT2D eigenvalue weighted by atomic mass is 16.5. The average Bonchev–Trinajstić information content (AvgIpc) is 1.85. The maximum absolute atomic E-state index is 4.92. The number of hydrazone groups is 1. The highest BCUT2D eigenvalue weighted by molar-refractivity contribution is 5.88. The van der Waals surface area contributed by atoms with Crippen molar-refractivity contribution in [3.8, 4) is 0 Å². The lowest BCUT2D eigenvalue weighted by Gasteiger charge is -2.20. The number of ether oxygens (including phenoxy) is 1. The highest BCUT2D eigenvalue weighted by Gasteiger charge is 2.04. The normalized spacial score (nSPS) is 17.3. The Bertz CT molecular complexity index is 185. The Kier molecular flexibility index (Phi) is 1.80. The van der Waals surface area contributed by atoms with E-state index in [9.17, 15) is 0 Å². The third kappa shape index (κ3) is 1.40. The van der Waals surface area contributed by atoms with E-state index in [0.717, 1.165) is 5.70 Å². The van der Waals surface area contributed by atoms with Gasteiger partial charge in [0.1, 0.15) is 0 Å². The third-order valence-electron chi connectivity index (χ3n) is 1.14. The van der Waals surface area contributed by atoms with E-state index in [0.29, 0.717) is 5.90 Å². The minimum absolute atomic E-state index is 0.624. The molecule has 1 rings (SSSR count). The van der Waals surface area contributed by atoms with Gasteiger partial charge in [0.25, 0.3) is 0 Å². The average molecular weight is 141 g/mol. The molecule has 0 fully saturated rings. The molecule has 0 aromatic heterocycles. The van der Waals surface area contributed by atoms with Gasteiger partial charge < -0.3 is 4.74 Å². The van der Waals surface area contributed by atoms with Gasteiger partial charge in [-0.05, 0) is 6.92 Å². The van der Waals surface area contributed by atoms with Crippen LogP contribution in [0.25, 0.3) is 0 Å². The Balaban J connectivity index is 2.72. The largest absolute Gasteiger partial charge is 0.480 e. The van der Waals surface area contributed by atoms with Crippen molar-refractivity contribution in [2.45, 2.75) is 6.92 Å². The fraction of sp³-hybridized carbons (Fsp3) is 0.500. The van der Waals surface area contributed by atoms with Crippen LogP contribution in [-0.2, 0) is 4.74 Å². The van der Waals surface area contributed by atoms with E-state index in [1.807, 2.05) is 20.0 Å². The molecule has 4 nitrogen and oxygen atoms in total. The number of methoxy groups -OCH3 is 1. The van der Waals surface area contributed by atoms with Crippen molar-refractivity contribution in [2.75, 3.05) is 14.2 Å². The van der Waals surface area contributed by atoms with Crippen LogP contribution in [0.4, 0.5) is 0 Å². The zero-order valence-electron chi connectivity index (χ0n) is 6.38. The lowest BCUT2D eigenvalue weighted by molar-refractivity contribution is 0.255. The zero-order chi connectivity index (χ0) is 7.56. The Labute approximate surface area is 60.1 Å². The van der Waals surface area contributed by atoms with Crippen molar-refractivity contribution in [2.24, 2.45) is 5.10 Å². The van der Waals surface area contributed by atoms with Gasteiger partial charge in [-0.25, -0.2) is 5.12 Å². The zero-order valence-corrected chi connectivity index (χ0v) is 6.38. The molecule has 0 bridgehead atoms. The second-order valence-electron chi connectivity index (χ2n) is 2.11. The smallest absolute Gasteiger partial charge is 0.234 e. The number of allylic oxidation sites excluding steroid dienone is 1. The first kappa shape index (κ1) is 6.92. The Hall–Kier alpha value is -1.19. The summed E-state index contributed by atoms with van der Waals surface area (Å²) < 4.78 is 4.92. The van der Waals surface area contributed by atoms with Gasteiger partial charge in [-0.1, -0.05) is 0 Å². The molecule has 0 aromatic rings. The SMILES string of the molecule is COC1=NN(C)NC(C)=C1. The third-order valence-corrected chi connectivity index (χ3v) is 1.14. The molecule has 0 saturated heterocycles. The Morgan fingerprint density at radius 2 is 2.40 bits per heavy atom. The molecule has 1 heterocycles. The summed E-state index contributed by atoms with van der Waals surface area (Å²) in [5, 5.41) is 5.60. The van der Waals surface area contributed by atoms with E-state index in [4.69, 9.17) is 4.74 Å². The molecule has 1 aliphatic rings.